The quantitative estimate of drug-likeness (QED) is 0.411. The molecule has 1 unspecified atom stereocenters. The predicted octanol–water partition coefficient (Wildman–Crippen LogP) is 6.16. The van der Waals surface area contributed by atoms with Crippen LogP contribution >= 0.6 is 12.6 Å². The third-order valence-corrected chi connectivity index (χ3v) is 7.00. The molecular formula is C28H41N3OS. The number of thiol groups is 1. The van der Waals surface area contributed by atoms with Crippen molar-refractivity contribution in [2.75, 3.05) is 42.9 Å². The lowest BCUT2D eigenvalue weighted by molar-refractivity contribution is -0.116. The molecule has 0 saturated carbocycles. The van der Waals surface area contributed by atoms with Gasteiger partial charge < -0.3 is 10.2 Å². The number of hydrogen-bond acceptors (Lipinski definition) is 4. The van der Waals surface area contributed by atoms with Gasteiger partial charge in [0.05, 0.1) is 0 Å². The molecule has 1 N–H and O–H groups in total. The Balaban J connectivity index is 1.42. The SMILES string of the molecule is CC(C)c1cccc(C(C)C)c1NC(=O)CC(S)CCCN1CCN(c2ccccc2)CC1. The average molecular weight is 468 g/mol. The van der Waals surface area contributed by atoms with Crippen LogP contribution in [0.1, 0.15) is 69.9 Å². The van der Waals surface area contributed by atoms with E-state index in [1.165, 1.54) is 16.8 Å². The van der Waals surface area contributed by atoms with Crippen molar-refractivity contribution in [1.82, 2.24) is 4.90 Å². The zero-order valence-corrected chi connectivity index (χ0v) is 21.7. The normalized spacial score (nSPS) is 15.8. The van der Waals surface area contributed by atoms with E-state index in [9.17, 15) is 4.79 Å². The van der Waals surface area contributed by atoms with Crippen molar-refractivity contribution in [1.29, 1.82) is 0 Å². The van der Waals surface area contributed by atoms with Crippen molar-refractivity contribution in [3.8, 4) is 0 Å². The van der Waals surface area contributed by atoms with Gasteiger partial charge in [0.2, 0.25) is 5.91 Å². The molecule has 0 spiro atoms. The van der Waals surface area contributed by atoms with Gasteiger partial charge in [-0.2, -0.15) is 12.6 Å². The first-order chi connectivity index (χ1) is 15.8. The van der Waals surface area contributed by atoms with Crippen LogP contribution in [0.4, 0.5) is 11.4 Å². The highest BCUT2D eigenvalue weighted by atomic mass is 32.1. The van der Waals surface area contributed by atoms with Crippen LogP contribution in [0.5, 0.6) is 0 Å². The van der Waals surface area contributed by atoms with E-state index >= 15 is 0 Å². The van der Waals surface area contributed by atoms with Crippen LogP contribution in [0, 0.1) is 0 Å². The van der Waals surface area contributed by atoms with Gasteiger partial charge in [-0.15, -0.1) is 0 Å². The third kappa shape index (κ3) is 7.51. The Kier molecular flexibility index (Phi) is 9.69. The molecule has 3 rings (SSSR count). The molecule has 0 bridgehead atoms. The maximum Gasteiger partial charge on any atom is 0.225 e. The molecule has 1 fully saturated rings. The highest BCUT2D eigenvalue weighted by Gasteiger charge is 2.19. The maximum absolute atomic E-state index is 12.8. The maximum atomic E-state index is 12.8. The zero-order valence-electron chi connectivity index (χ0n) is 20.8. The number of rotatable bonds is 10. The van der Waals surface area contributed by atoms with Crippen molar-refractivity contribution in [2.24, 2.45) is 0 Å². The van der Waals surface area contributed by atoms with E-state index in [2.05, 4.69) is 91.3 Å². The molecule has 5 heteroatoms. The molecule has 1 atom stereocenters. The molecule has 1 saturated heterocycles. The van der Waals surface area contributed by atoms with Gasteiger partial charge in [-0.25, -0.2) is 0 Å². The number of piperazine rings is 1. The summed E-state index contributed by atoms with van der Waals surface area (Å²) in [7, 11) is 0. The fraction of sp³-hybridized carbons (Fsp3) is 0.536. The summed E-state index contributed by atoms with van der Waals surface area (Å²) in [5.74, 6) is 0.808. The van der Waals surface area contributed by atoms with E-state index in [1.807, 2.05) is 0 Å². The lowest BCUT2D eigenvalue weighted by atomic mass is 9.92. The minimum Gasteiger partial charge on any atom is -0.369 e. The van der Waals surface area contributed by atoms with E-state index in [1.54, 1.807) is 0 Å². The number of amides is 1. The molecule has 2 aromatic rings. The Morgan fingerprint density at radius 2 is 1.52 bits per heavy atom. The van der Waals surface area contributed by atoms with Gasteiger partial charge in [-0.05, 0) is 54.5 Å². The molecule has 33 heavy (non-hydrogen) atoms. The number of nitrogens with zero attached hydrogens (tertiary/aromatic N) is 2. The predicted molar refractivity (Wildman–Crippen MR) is 145 cm³/mol. The molecule has 4 nitrogen and oxygen atoms in total. The Hall–Kier alpha value is -1.98. The summed E-state index contributed by atoms with van der Waals surface area (Å²) in [4.78, 5) is 17.8. The van der Waals surface area contributed by atoms with Crippen LogP contribution in [0.25, 0.3) is 0 Å². The van der Waals surface area contributed by atoms with Gasteiger partial charge in [0, 0.05) is 49.2 Å². The van der Waals surface area contributed by atoms with Crippen LogP contribution < -0.4 is 10.2 Å². The first kappa shape index (κ1) is 25.6. The van der Waals surface area contributed by atoms with Crippen molar-refractivity contribution in [3.05, 3.63) is 59.7 Å². The number of hydrogen-bond donors (Lipinski definition) is 2. The molecule has 0 radical (unpaired) electrons. The molecule has 1 aliphatic heterocycles. The van der Waals surface area contributed by atoms with Crippen LogP contribution in [0.3, 0.4) is 0 Å². The fourth-order valence-corrected chi connectivity index (χ4v) is 4.97. The molecule has 1 aliphatic rings. The van der Waals surface area contributed by atoms with Crippen LogP contribution in [0.2, 0.25) is 0 Å². The van der Waals surface area contributed by atoms with Gasteiger partial charge in [0.15, 0.2) is 0 Å². The smallest absolute Gasteiger partial charge is 0.225 e. The summed E-state index contributed by atoms with van der Waals surface area (Å²) >= 11 is 4.74. The summed E-state index contributed by atoms with van der Waals surface area (Å²) in [5, 5.41) is 3.32. The Labute approximate surface area is 206 Å². The second-order valence-corrected chi connectivity index (χ2v) is 10.6. The highest BCUT2D eigenvalue weighted by Crippen LogP contribution is 2.32. The number of nitrogens with one attached hydrogen (secondary N) is 1. The van der Waals surface area contributed by atoms with E-state index in [-0.39, 0.29) is 11.2 Å². The molecule has 0 aromatic heterocycles. The second kappa shape index (κ2) is 12.5. The van der Waals surface area contributed by atoms with Gasteiger partial charge in [0.1, 0.15) is 0 Å². The summed E-state index contributed by atoms with van der Waals surface area (Å²) in [6.07, 6.45) is 2.49. The van der Waals surface area contributed by atoms with Gasteiger partial charge in [-0.3, -0.25) is 9.69 Å². The summed E-state index contributed by atoms with van der Waals surface area (Å²) < 4.78 is 0. The largest absolute Gasteiger partial charge is 0.369 e. The first-order valence-corrected chi connectivity index (χ1v) is 13.0. The molecule has 2 aromatic carbocycles. The molecule has 1 heterocycles. The number of anilines is 2. The topological polar surface area (TPSA) is 35.6 Å². The molecule has 0 aliphatic carbocycles. The Morgan fingerprint density at radius 3 is 2.09 bits per heavy atom. The monoisotopic (exact) mass is 467 g/mol. The average Bonchev–Trinajstić information content (AvgIpc) is 2.80. The fourth-order valence-electron chi connectivity index (χ4n) is 4.62. The van der Waals surface area contributed by atoms with Crippen molar-refractivity contribution < 1.29 is 4.79 Å². The molecular weight excluding hydrogens is 426 g/mol. The Bertz CT molecular complexity index is 850. The summed E-state index contributed by atoms with van der Waals surface area (Å²) in [5.41, 5.74) is 4.74. The third-order valence-electron chi connectivity index (χ3n) is 6.56. The highest BCUT2D eigenvalue weighted by molar-refractivity contribution is 7.81. The lowest BCUT2D eigenvalue weighted by Gasteiger charge is -2.36. The van der Waals surface area contributed by atoms with Crippen molar-refractivity contribution in [3.63, 3.8) is 0 Å². The van der Waals surface area contributed by atoms with Crippen molar-refractivity contribution >= 4 is 29.9 Å². The number of carbonyl (C=O) groups excluding carboxylic acids is 1. The molecule has 1 amide bonds. The van der Waals surface area contributed by atoms with E-state index in [4.69, 9.17) is 12.6 Å². The van der Waals surface area contributed by atoms with Gasteiger partial charge in [0.25, 0.3) is 0 Å². The summed E-state index contributed by atoms with van der Waals surface area (Å²) in [6, 6.07) is 17.0. The number of carbonyl (C=O) groups is 1. The minimum absolute atomic E-state index is 0.0708. The van der Waals surface area contributed by atoms with Gasteiger partial charge >= 0.3 is 0 Å². The Morgan fingerprint density at radius 1 is 0.909 bits per heavy atom. The van der Waals surface area contributed by atoms with Crippen molar-refractivity contribution in [2.45, 2.75) is 64.0 Å². The van der Waals surface area contributed by atoms with Gasteiger partial charge in [-0.1, -0.05) is 64.1 Å². The zero-order chi connectivity index (χ0) is 23.8. The summed E-state index contributed by atoms with van der Waals surface area (Å²) in [6.45, 7) is 14.1. The lowest BCUT2D eigenvalue weighted by Crippen LogP contribution is -2.46. The van der Waals surface area contributed by atoms with E-state index in [0.717, 1.165) is 51.3 Å². The molecule has 180 valence electrons. The number of benzene rings is 2. The van der Waals surface area contributed by atoms with E-state index in [0.29, 0.717) is 18.3 Å². The number of para-hydroxylation sites is 2. The first-order valence-electron chi connectivity index (χ1n) is 12.5. The van der Waals surface area contributed by atoms with Crippen LogP contribution in [0.15, 0.2) is 48.5 Å². The van der Waals surface area contributed by atoms with Crippen LogP contribution in [-0.2, 0) is 4.79 Å². The minimum atomic E-state index is 0.0708. The second-order valence-electron chi connectivity index (χ2n) is 9.83. The van der Waals surface area contributed by atoms with Crippen LogP contribution in [-0.4, -0.2) is 48.8 Å². The van der Waals surface area contributed by atoms with E-state index < -0.39 is 0 Å². The standard InChI is InChI=1S/C28H41N3OS/c1-21(2)25-13-8-14-26(22(3)4)28(25)29-27(32)20-24(33)12-9-15-30-16-18-31(19-17-30)23-10-6-5-7-11-23/h5-8,10-11,13-14,21-22,24,33H,9,12,15-20H2,1-4H3,(H,29,32).